The van der Waals surface area contributed by atoms with Crippen LogP contribution in [0.4, 0.5) is 34.1 Å². The molecule has 0 spiro atoms. The molecule has 356 valence electrons. The fourth-order valence-electron chi connectivity index (χ4n) is 11.5. The summed E-state index contributed by atoms with van der Waals surface area (Å²) in [5.41, 5.74) is 23.7. The molecule has 0 bridgehead atoms. The Labute approximate surface area is 436 Å². The molecule has 12 rings (SSSR count). The first-order valence-electron chi connectivity index (χ1n) is 25.8. The molecule has 0 saturated heterocycles. The third-order valence-corrected chi connectivity index (χ3v) is 15.0. The van der Waals surface area contributed by atoms with Crippen molar-refractivity contribution >= 4 is 66.4 Å². The average molecular weight is 951 g/mol. The molecule has 0 saturated carbocycles. The number of anilines is 6. The van der Waals surface area contributed by atoms with Gasteiger partial charge in [-0.1, -0.05) is 205 Å². The minimum Gasteiger partial charge on any atom is -0.309 e. The lowest BCUT2D eigenvalue weighted by Crippen LogP contribution is -2.15. The quantitative estimate of drug-likeness (QED) is 0.126. The maximum atomic E-state index is 2.55. The molecule has 0 aliphatic carbocycles. The zero-order valence-electron chi connectivity index (χ0n) is 43.0. The lowest BCUT2D eigenvalue weighted by molar-refractivity contribution is 1.24. The standard InChI is InChI=1S/C72H58N2/c1-47-35-37-67(51(5)39-47)73(71-43-61(53-23-11-7-12-24-53)49(3)41-63(71)55-27-15-9-16-28-55)69-45-65-58-32-20-22-34-60(58)70(46-66(65)57-31-19-21-33-59(57)69)74(68-38-36-48(2)40-52(68)6)72-44-62(54-25-13-8-14-26-54)50(4)42-64(72)56-29-17-10-18-30-56/h7-46H,1-6H3. The molecule has 12 aromatic rings. The van der Waals surface area contributed by atoms with Gasteiger partial charge in [0.1, 0.15) is 0 Å². The van der Waals surface area contributed by atoms with Gasteiger partial charge in [-0.15, -0.1) is 0 Å². The van der Waals surface area contributed by atoms with Crippen LogP contribution in [-0.4, -0.2) is 0 Å². The highest BCUT2D eigenvalue weighted by molar-refractivity contribution is 6.25. The van der Waals surface area contributed by atoms with Crippen LogP contribution < -0.4 is 9.80 Å². The molecule has 0 amide bonds. The Hall–Kier alpha value is -8.98. The number of hydrogen-bond donors (Lipinski definition) is 0. The number of hydrogen-bond acceptors (Lipinski definition) is 2. The van der Waals surface area contributed by atoms with Crippen LogP contribution in [0.25, 0.3) is 76.8 Å². The molecule has 2 heteroatoms. The van der Waals surface area contributed by atoms with Crippen molar-refractivity contribution in [2.45, 2.75) is 41.5 Å². The molecule has 2 nitrogen and oxygen atoms in total. The number of aryl methyl sites for hydroxylation is 6. The third-order valence-electron chi connectivity index (χ3n) is 15.0. The fourth-order valence-corrected chi connectivity index (χ4v) is 11.5. The normalized spacial score (nSPS) is 11.4. The van der Waals surface area contributed by atoms with E-state index in [1.807, 2.05) is 0 Å². The van der Waals surface area contributed by atoms with Gasteiger partial charge >= 0.3 is 0 Å². The van der Waals surface area contributed by atoms with E-state index in [4.69, 9.17) is 0 Å². The van der Waals surface area contributed by atoms with Crippen molar-refractivity contribution < 1.29 is 0 Å². The maximum Gasteiger partial charge on any atom is 0.0547 e. The van der Waals surface area contributed by atoms with Gasteiger partial charge in [0.05, 0.1) is 22.7 Å². The third kappa shape index (κ3) is 8.29. The summed E-state index contributed by atoms with van der Waals surface area (Å²) in [5, 5.41) is 7.12. The molecule has 0 fully saturated rings. The molecule has 74 heavy (non-hydrogen) atoms. The minimum absolute atomic E-state index is 1.13. The predicted molar refractivity (Wildman–Crippen MR) is 318 cm³/mol. The Morgan fingerprint density at radius 2 is 0.514 bits per heavy atom. The lowest BCUT2D eigenvalue weighted by atomic mass is 9.90. The van der Waals surface area contributed by atoms with E-state index in [1.165, 1.54) is 110 Å². The van der Waals surface area contributed by atoms with Gasteiger partial charge in [-0.25, -0.2) is 0 Å². The Morgan fingerprint density at radius 1 is 0.203 bits per heavy atom. The molecule has 0 aliphatic heterocycles. The molecule has 0 radical (unpaired) electrons. The molecule has 0 aliphatic rings. The Kier molecular flexibility index (Phi) is 12.0. The van der Waals surface area contributed by atoms with Crippen molar-refractivity contribution in [2.75, 3.05) is 9.80 Å². The summed E-state index contributed by atoms with van der Waals surface area (Å²) in [4.78, 5) is 5.11. The molecule has 0 atom stereocenters. The Balaban J connectivity index is 1.19. The molecular weight excluding hydrogens is 893 g/mol. The van der Waals surface area contributed by atoms with Crippen LogP contribution in [0, 0.1) is 41.5 Å². The van der Waals surface area contributed by atoms with Crippen molar-refractivity contribution in [2.24, 2.45) is 0 Å². The number of nitrogens with zero attached hydrogens (tertiary/aromatic N) is 2. The van der Waals surface area contributed by atoms with Gasteiger partial charge < -0.3 is 9.80 Å². The number of rotatable bonds is 10. The second-order valence-corrected chi connectivity index (χ2v) is 20.1. The average Bonchev–Trinajstić information content (AvgIpc) is 3.44. The van der Waals surface area contributed by atoms with Crippen LogP contribution in [0.3, 0.4) is 0 Å². The van der Waals surface area contributed by atoms with E-state index in [0.29, 0.717) is 0 Å². The zero-order valence-corrected chi connectivity index (χ0v) is 43.0. The molecule has 12 aromatic carbocycles. The fraction of sp³-hybridized carbons (Fsp3) is 0.0833. The highest BCUT2D eigenvalue weighted by atomic mass is 15.2. The first-order valence-corrected chi connectivity index (χ1v) is 25.8. The first kappa shape index (κ1) is 46.1. The monoisotopic (exact) mass is 950 g/mol. The van der Waals surface area contributed by atoms with Gasteiger partial charge in [0.2, 0.25) is 0 Å². The largest absolute Gasteiger partial charge is 0.309 e. The Bertz CT molecular complexity index is 3800. The second-order valence-electron chi connectivity index (χ2n) is 20.1. The second kappa shape index (κ2) is 19.2. The Morgan fingerprint density at radius 3 is 0.851 bits per heavy atom. The molecule has 0 aromatic heterocycles. The summed E-state index contributed by atoms with van der Waals surface area (Å²) in [6.07, 6.45) is 0. The van der Waals surface area contributed by atoms with Crippen LogP contribution in [0.1, 0.15) is 33.4 Å². The molecule has 0 unspecified atom stereocenters. The molecular formula is C72H58N2. The summed E-state index contributed by atoms with van der Waals surface area (Å²) >= 11 is 0. The van der Waals surface area contributed by atoms with Crippen molar-refractivity contribution in [3.63, 3.8) is 0 Å². The van der Waals surface area contributed by atoms with E-state index in [1.54, 1.807) is 0 Å². The zero-order chi connectivity index (χ0) is 50.5. The highest BCUT2D eigenvalue weighted by Crippen LogP contribution is 2.52. The summed E-state index contributed by atoms with van der Waals surface area (Å²) in [6.45, 7) is 13.4. The summed E-state index contributed by atoms with van der Waals surface area (Å²) in [7, 11) is 0. The van der Waals surface area contributed by atoms with Gasteiger partial charge in [0.25, 0.3) is 0 Å². The maximum absolute atomic E-state index is 2.55. The lowest BCUT2D eigenvalue weighted by Gasteiger charge is -2.33. The van der Waals surface area contributed by atoms with Crippen LogP contribution in [0.2, 0.25) is 0 Å². The SMILES string of the molecule is Cc1ccc(N(c2cc(-c3ccccc3)c(C)cc2-c2ccccc2)c2cc3c4ccccc4c(N(c4ccc(C)cc4C)c4cc(-c5ccccc5)c(C)cc4-c4ccccc4)cc3c3ccccc23)c(C)c1. The van der Waals surface area contributed by atoms with Crippen LogP contribution in [0.15, 0.2) is 243 Å². The first-order chi connectivity index (χ1) is 36.2. The van der Waals surface area contributed by atoms with E-state index in [9.17, 15) is 0 Å². The highest BCUT2D eigenvalue weighted by Gasteiger charge is 2.27. The topological polar surface area (TPSA) is 6.48 Å². The number of fused-ring (bicyclic) bond motifs is 5. The van der Waals surface area contributed by atoms with Crippen LogP contribution >= 0.6 is 0 Å². The summed E-state index contributed by atoms with van der Waals surface area (Å²) in [5.74, 6) is 0. The minimum atomic E-state index is 1.13. The van der Waals surface area contributed by atoms with E-state index in [0.717, 1.165) is 34.1 Å². The van der Waals surface area contributed by atoms with Crippen molar-refractivity contribution in [3.05, 3.63) is 276 Å². The van der Waals surface area contributed by atoms with E-state index in [-0.39, 0.29) is 0 Å². The predicted octanol–water partition coefficient (Wildman–Crippen LogP) is 20.6. The van der Waals surface area contributed by atoms with Crippen molar-refractivity contribution in [3.8, 4) is 44.5 Å². The van der Waals surface area contributed by atoms with Crippen LogP contribution in [-0.2, 0) is 0 Å². The van der Waals surface area contributed by atoms with Gasteiger partial charge in [-0.3, -0.25) is 0 Å². The molecule has 0 N–H and O–H groups in total. The summed E-state index contributed by atoms with van der Waals surface area (Å²) < 4.78 is 0. The van der Waals surface area contributed by atoms with Gasteiger partial charge in [-0.2, -0.15) is 0 Å². The number of benzene rings is 12. The van der Waals surface area contributed by atoms with Gasteiger partial charge in [-0.05, 0) is 167 Å². The smallest absolute Gasteiger partial charge is 0.0547 e. The van der Waals surface area contributed by atoms with Crippen LogP contribution in [0.5, 0.6) is 0 Å². The van der Waals surface area contributed by atoms with Crippen molar-refractivity contribution in [1.29, 1.82) is 0 Å². The van der Waals surface area contributed by atoms with Gasteiger partial charge in [0.15, 0.2) is 0 Å². The van der Waals surface area contributed by atoms with Crippen molar-refractivity contribution in [1.82, 2.24) is 0 Å². The molecule has 0 heterocycles. The van der Waals surface area contributed by atoms with E-state index in [2.05, 4.69) is 294 Å². The van der Waals surface area contributed by atoms with E-state index < -0.39 is 0 Å². The van der Waals surface area contributed by atoms with Gasteiger partial charge in [0, 0.05) is 33.3 Å². The summed E-state index contributed by atoms with van der Waals surface area (Å²) in [6, 6.07) is 90.1. The van der Waals surface area contributed by atoms with E-state index >= 15 is 0 Å².